The van der Waals surface area contributed by atoms with E-state index < -0.39 is 0 Å². The summed E-state index contributed by atoms with van der Waals surface area (Å²) in [6.45, 7) is 4.04. The highest BCUT2D eigenvalue weighted by Crippen LogP contribution is 2.38. The number of hydrogen-bond acceptors (Lipinski definition) is 4. The summed E-state index contributed by atoms with van der Waals surface area (Å²) in [6.07, 6.45) is 3.24. The second kappa shape index (κ2) is 6.75. The van der Waals surface area contributed by atoms with Crippen molar-refractivity contribution in [1.29, 1.82) is 0 Å². The van der Waals surface area contributed by atoms with Gasteiger partial charge in [-0.1, -0.05) is 24.3 Å². The molecule has 118 valence electrons. The van der Waals surface area contributed by atoms with Crippen LogP contribution in [0.2, 0.25) is 0 Å². The van der Waals surface area contributed by atoms with Crippen LogP contribution >= 0.6 is 11.3 Å². The Bertz CT molecular complexity index is 740. The second-order valence-electron chi connectivity index (χ2n) is 5.27. The van der Waals surface area contributed by atoms with Gasteiger partial charge in [-0.3, -0.25) is 14.9 Å². The Labute approximate surface area is 138 Å². The number of aryl methyl sites for hydroxylation is 1. The van der Waals surface area contributed by atoms with Gasteiger partial charge in [0.05, 0.1) is 11.6 Å². The van der Waals surface area contributed by atoms with Crippen LogP contribution < -0.4 is 10.6 Å². The maximum absolute atomic E-state index is 12.2. The number of benzene rings is 1. The van der Waals surface area contributed by atoms with Gasteiger partial charge in [0.15, 0.2) is 5.13 Å². The van der Waals surface area contributed by atoms with Crippen LogP contribution in [-0.2, 0) is 11.2 Å². The number of amides is 2. The standard InChI is InChI=1S/C17H17N3O2S/c1-2-10-18-16(22)12-8-9-13-14(12)19-17(23-13)20-15(21)11-6-4-3-5-7-11/h2-7,12H,1,8-10H2,(H,18,22)(H,19,20,21). The summed E-state index contributed by atoms with van der Waals surface area (Å²) in [5.41, 5.74) is 1.38. The predicted molar refractivity (Wildman–Crippen MR) is 90.8 cm³/mol. The normalized spacial score (nSPS) is 15.7. The van der Waals surface area contributed by atoms with E-state index in [0.29, 0.717) is 17.2 Å². The van der Waals surface area contributed by atoms with Gasteiger partial charge in [-0.25, -0.2) is 4.98 Å². The molecule has 3 rings (SSSR count). The number of aromatic nitrogens is 1. The number of carbonyl (C=O) groups excluding carboxylic acids is 2. The van der Waals surface area contributed by atoms with E-state index in [1.807, 2.05) is 18.2 Å². The Morgan fingerprint density at radius 1 is 1.35 bits per heavy atom. The minimum Gasteiger partial charge on any atom is -0.352 e. The van der Waals surface area contributed by atoms with Crippen LogP contribution in [0.3, 0.4) is 0 Å². The second-order valence-corrected chi connectivity index (χ2v) is 6.36. The Morgan fingerprint density at radius 2 is 2.13 bits per heavy atom. The molecule has 0 spiro atoms. The summed E-state index contributed by atoms with van der Waals surface area (Å²) in [6, 6.07) is 9.00. The van der Waals surface area contributed by atoms with Gasteiger partial charge in [-0.2, -0.15) is 0 Å². The lowest BCUT2D eigenvalue weighted by atomic mass is 10.1. The quantitative estimate of drug-likeness (QED) is 0.830. The van der Waals surface area contributed by atoms with Crippen molar-refractivity contribution < 1.29 is 9.59 Å². The number of rotatable bonds is 5. The number of anilines is 1. The third-order valence-electron chi connectivity index (χ3n) is 3.71. The third-order valence-corrected chi connectivity index (χ3v) is 4.76. The molecule has 0 saturated carbocycles. The molecule has 6 heteroatoms. The van der Waals surface area contributed by atoms with E-state index in [1.54, 1.807) is 18.2 Å². The molecule has 2 amide bonds. The smallest absolute Gasteiger partial charge is 0.257 e. The van der Waals surface area contributed by atoms with Crippen LogP contribution in [0, 0.1) is 0 Å². The zero-order valence-corrected chi connectivity index (χ0v) is 13.4. The highest BCUT2D eigenvalue weighted by atomic mass is 32.1. The molecule has 0 radical (unpaired) electrons. The van der Waals surface area contributed by atoms with Crippen molar-refractivity contribution in [3.63, 3.8) is 0 Å². The van der Waals surface area contributed by atoms with E-state index in [0.717, 1.165) is 23.4 Å². The lowest BCUT2D eigenvalue weighted by Crippen LogP contribution is -2.28. The third kappa shape index (κ3) is 3.32. The summed E-state index contributed by atoms with van der Waals surface area (Å²) in [5, 5.41) is 6.17. The highest BCUT2D eigenvalue weighted by molar-refractivity contribution is 7.16. The van der Waals surface area contributed by atoms with E-state index in [-0.39, 0.29) is 17.7 Å². The summed E-state index contributed by atoms with van der Waals surface area (Å²) < 4.78 is 0. The molecule has 1 unspecified atom stereocenters. The van der Waals surface area contributed by atoms with Crippen molar-refractivity contribution in [3.8, 4) is 0 Å². The van der Waals surface area contributed by atoms with E-state index in [2.05, 4.69) is 22.2 Å². The minimum atomic E-state index is -0.233. The molecule has 1 heterocycles. The van der Waals surface area contributed by atoms with Gasteiger partial charge < -0.3 is 5.32 Å². The summed E-state index contributed by atoms with van der Waals surface area (Å²) in [5.74, 6) is -0.454. The molecule has 1 aliphatic rings. The first-order valence-electron chi connectivity index (χ1n) is 7.43. The number of nitrogens with zero attached hydrogens (tertiary/aromatic N) is 1. The van der Waals surface area contributed by atoms with E-state index in [1.165, 1.54) is 11.3 Å². The van der Waals surface area contributed by atoms with Crippen molar-refractivity contribution in [2.24, 2.45) is 0 Å². The van der Waals surface area contributed by atoms with Crippen LogP contribution in [0.15, 0.2) is 43.0 Å². The Hall–Kier alpha value is -2.47. The molecule has 1 aliphatic carbocycles. The maximum Gasteiger partial charge on any atom is 0.257 e. The molecule has 2 N–H and O–H groups in total. The van der Waals surface area contributed by atoms with Crippen LogP contribution in [0.1, 0.15) is 33.3 Å². The average Bonchev–Trinajstić information content (AvgIpc) is 3.13. The molecule has 0 fully saturated rings. The van der Waals surface area contributed by atoms with Crippen LogP contribution in [0.25, 0.3) is 0 Å². The van der Waals surface area contributed by atoms with Gasteiger partial charge in [0.1, 0.15) is 0 Å². The van der Waals surface area contributed by atoms with Gasteiger partial charge in [0.25, 0.3) is 5.91 Å². The van der Waals surface area contributed by atoms with Gasteiger partial charge >= 0.3 is 0 Å². The molecule has 1 aromatic heterocycles. The number of nitrogens with one attached hydrogen (secondary N) is 2. The SMILES string of the molecule is C=CCNC(=O)C1CCc2sc(NC(=O)c3ccccc3)nc21. The average molecular weight is 327 g/mol. The summed E-state index contributed by atoms with van der Waals surface area (Å²) in [4.78, 5) is 29.8. The Morgan fingerprint density at radius 3 is 2.87 bits per heavy atom. The molecule has 0 bridgehead atoms. The minimum absolute atomic E-state index is 0.0325. The maximum atomic E-state index is 12.2. The van der Waals surface area contributed by atoms with Gasteiger partial charge in [0, 0.05) is 17.0 Å². The lowest BCUT2D eigenvalue weighted by molar-refractivity contribution is -0.122. The monoisotopic (exact) mass is 327 g/mol. The van der Waals surface area contributed by atoms with Gasteiger partial charge in [-0.15, -0.1) is 17.9 Å². The van der Waals surface area contributed by atoms with Crippen molar-refractivity contribution in [1.82, 2.24) is 10.3 Å². The highest BCUT2D eigenvalue weighted by Gasteiger charge is 2.32. The van der Waals surface area contributed by atoms with Crippen LogP contribution in [0.5, 0.6) is 0 Å². The van der Waals surface area contributed by atoms with E-state index in [9.17, 15) is 9.59 Å². The molecular weight excluding hydrogens is 310 g/mol. The Balaban J connectivity index is 1.72. The zero-order valence-electron chi connectivity index (χ0n) is 12.5. The van der Waals surface area contributed by atoms with Crippen LogP contribution in [-0.4, -0.2) is 23.3 Å². The fraction of sp³-hybridized carbons (Fsp3) is 0.235. The number of carbonyl (C=O) groups is 2. The predicted octanol–water partition coefficient (Wildman–Crippen LogP) is 2.73. The van der Waals surface area contributed by atoms with Crippen molar-refractivity contribution in [2.45, 2.75) is 18.8 Å². The first-order valence-corrected chi connectivity index (χ1v) is 8.25. The first kappa shape index (κ1) is 15.4. The van der Waals surface area contributed by atoms with Gasteiger partial charge in [0.2, 0.25) is 5.91 Å². The topological polar surface area (TPSA) is 71.1 Å². The van der Waals surface area contributed by atoms with Crippen molar-refractivity contribution >= 4 is 28.3 Å². The summed E-state index contributed by atoms with van der Waals surface area (Å²) >= 11 is 1.45. The Kier molecular flexibility index (Phi) is 4.52. The number of thiazole rings is 1. The molecular formula is C17H17N3O2S. The summed E-state index contributed by atoms with van der Waals surface area (Å²) in [7, 11) is 0. The van der Waals surface area contributed by atoms with Crippen molar-refractivity contribution in [3.05, 3.63) is 59.1 Å². The lowest BCUT2D eigenvalue weighted by Gasteiger charge is -2.09. The van der Waals surface area contributed by atoms with E-state index in [4.69, 9.17) is 0 Å². The molecule has 0 aliphatic heterocycles. The number of hydrogen-bond donors (Lipinski definition) is 2. The molecule has 5 nitrogen and oxygen atoms in total. The van der Waals surface area contributed by atoms with E-state index >= 15 is 0 Å². The zero-order chi connectivity index (χ0) is 16.2. The number of fused-ring (bicyclic) bond motifs is 1. The molecule has 2 aromatic rings. The molecule has 0 saturated heterocycles. The van der Waals surface area contributed by atoms with Crippen molar-refractivity contribution in [2.75, 3.05) is 11.9 Å². The first-order chi connectivity index (χ1) is 11.2. The fourth-order valence-corrected chi connectivity index (χ4v) is 3.62. The molecule has 1 aromatic carbocycles. The molecule has 1 atom stereocenters. The van der Waals surface area contributed by atoms with Gasteiger partial charge in [-0.05, 0) is 25.0 Å². The fourth-order valence-electron chi connectivity index (χ4n) is 2.59. The largest absolute Gasteiger partial charge is 0.352 e. The van der Waals surface area contributed by atoms with Crippen LogP contribution in [0.4, 0.5) is 5.13 Å². The molecule has 23 heavy (non-hydrogen) atoms.